The van der Waals surface area contributed by atoms with Crippen molar-refractivity contribution in [1.29, 1.82) is 0 Å². The zero-order chi connectivity index (χ0) is 23.8. The number of carbonyl (C=O) groups excluding carboxylic acids is 2. The van der Waals surface area contributed by atoms with Gasteiger partial charge >= 0.3 is 5.97 Å². The minimum atomic E-state index is -4.08. The highest BCUT2D eigenvalue weighted by atomic mass is 32.2. The first kappa shape index (κ1) is 24.4. The van der Waals surface area contributed by atoms with Gasteiger partial charge in [-0.15, -0.1) is 0 Å². The fourth-order valence-electron chi connectivity index (χ4n) is 3.62. The Bertz CT molecular complexity index is 1160. The summed E-state index contributed by atoms with van der Waals surface area (Å²) in [5, 5.41) is 2.72. The second-order valence-corrected chi connectivity index (χ2v) is 9.50. The number of anilines is 1. The molecule has 2 aromatic carbocycles. The summed E-state index contributed by atoms with van der Waals surface area (Å²) in [6.45, 7) is 1.47. The summed E-state index contributed by atoms with van der Waals surface area (Å²) in [6, 6.07) is 9.22. The number of aryl methyl sites for hydroxylation is 1. The number of esters is 1. The molecule has 1 amide bonds. The van der Waals surface area contributed by atoms with E-state index in [0.717, 1.165) is 37.5 Å². The SMILES string of the molecule is Cc1cc(F)ccc1S(=O)(=O)Nc1ccccc1C(=O)OCC(=O)NCCC1=CCCCC1. The second-order valence-electron chi connectivity index (χ2n) is 7.85. The highest BCUT2D eigenvalue weighted by Crippen LogP contribution is 2.23. The molecule has 2 aromatic rings. The van der Waals surface area contributed by atoms with E-state index in [2.05, 4.69) is 16.1 Å². The fraction of sp³-hybridized carbons (Fsp3) is 0.333. The fourth-order valence-corrected chi connectivity index (χ4v) is 4.93. The summed E-state index contributed by atoms with van der Waals surface area (Å²) >= 11 is 0. The summed E-state index contributed by atoms with van der Waals surface area (Å²) < 4.78 is 46.3. The molecule has 0 spiro atoms. The van der Waals surface area contributed by atoms with E-state index in [1.54, 1.807) is 12.1 Å². The number of hydrogen-bond acceptors (Lipinski definition) is 5. The molecular formula is C24H27FN2O5S. The van der Waals surface area contributed by atoms with Crippen LogP contribution in [-0.2, 0) is 19.6 Å². The Hall–Kier alpha value is -3.20. The standard InChI is InChI=1S/C24H27FN2O5S/c1-17-15-19(25)11-12-22(17)33(30,31)27-21-10-6-5-9-20(21)24(29)32-16-23(28)26-14-13-18-7-3-2-4-8-18/h5-7,9-12,15,27H,2-4,8,13-14,16H2,1H3,(H,26,28). The van der Waals surface area contributed by atoms with Crippen LogP contribution in [0, 0.1) is 12.7 Å². The van der Waals surface area contributed by atoms with E-state index in [0.29, 0.717) is 6.54 Å². The van der Waals surface area contributed by atoms with Gasteiger partial charge in [0.2, 0.25) is 0 Å². The molecule has 0 radical (unpaired) electrons. The highest BCUT2D eigenvalue weighted by molar-refractivity contribution is 7.92. The minimum Gasteiger partial charge on any atom is -0.452 e. The van der Waals surface area contributed by atoms with E-state index < -0.39 is 34.3 Å². The Morgan fingerprint density at radius 3 is 2.64 bits per heavy atom. The molecule has 0 saturated carbocycles. The number of carbonyl (C=O) groups is 2. The van der Waals surface area contributed by atoms with Crippen molar-refractivity contribution in [2.45, 2.75) is 43.9 Å². The number of amides is 1. The number of hydrogen-bond donors (Lipinski definition) is 2. The van der Waals surface area contributed by atoms with Crippen molar-refractivity contribution in [3.8, 4) is 0 Å². The third kappa shape index (κ3) is 6.89. The average Bonchev–Trinajstić information content (AvgIpc) is 2.78. The summed E-state index contributed by atoms with van der Waals surface area (Å²) in [4.78, 5) is 24.5. The van der Waals surface area contributed by atoms with Gasteiger partial charge in [-0.25, -0.2) is 17.6 Å². The molecule has 1 aliphatic rings. The molecule has 0 saturated heterocycles. The van der Waals surface area contributed by atoms with Crippen molar-refractivity contribution in [3.63, 3.8) is 0 Å². The lowest BCUT2D eigenvalue weighted by molar-refractivity contribution is -0.124. The third-order valence-corrected chi connectivity index (χ3v) is 6.83. The predicted octanol–water partition coefficient (Wildman–Crippen LogP) is 4.10. The number of benzene rings is 2. The molecule has 0 heterocycles. The maximum absolute atomic E-state index is 13.3. The zero-order valence-corrected chi connectivity index (χ0v) is 19.2. The first-order valence-corrected chi connectivity index (χ1v) is 12.2. The Morgan fingerprint density at radius 1 is 1.12 bits per heavy atom. The maximum Gasteiger partial charge on any atom is 0.340 e. The molecule has 0 aromatic heterocycles. The molecule has 0 unspecified atom stereocenters. The van der Waals surface area contributed by atoms with Crippen LogP contribution in [0.5, 0.6) is 0 Å². The summed E-state index contributed by atoms with van der Waals surface area (Å²) in [7, 11) is -4.08. The molecule has 3 rings (SSSR count). The van der Waals surface area contributed by atoms with Gasteiger partial charge in [0.25, 0.3) is 15.9 Å². The van der Waals surface area contributed by atoms with Gasteiger partial charge < -0.3 is 10.1 Å². The van der Waals surface area contributed by atoms with Crippen molar-refractivity contribution < 1.29 is 27.1 Å². The van der Waals surface area contributed by atoms with Crippen LogP contribution in [0.4, 0.5) is 10.1 Å². The lowest BCUT2D eigenvalue weighted by Gasteiger charge is -2.14. The van der Waals surface area contributed by atoms with Gasteiger partial charge in [-0.3, -0.25) is 9.52 Å². The van der Waals surface area contributed by atoms with E-state index in [9.17, 15) is 22.4 Å². The molecule has 176 valence electrons. The highest BCUT2D eigenvalue weighted by Gasteiger charge is 2.21. The van der Waals surface area contributed by atoms with Crippen LogP contribution in [-0.4, -0.2) is 33.4 Å². The Kier molecular flexibility index (Phi) is 8.21. The summed E-state index contributed by atoms with van der Waals surface area (Å²) in [6.07, 6.45) is 7.47. The number of rotatable bonds is 9. The quantitative estimate of drug-likeness (QED) is 0.421. The van der Waals surface area contributed by atoms with E-state index in [4.69, 9.17) is 4.74 Å². The first-order chi connectivity index (χ1) is 15.8. The van der Waals surface area contributed by atoms with Crippen LogP contribution in [0.25, 0.3) is 0 Å². The molecule has 9 heteroatoms. The topological polar surface area (TPSA) is 102 Å². The van der Waals surface area contributed by atoms with E-state index in [-0.39, 0.29) is 21.7 Å². The zero-order valence-electron chi connectivity index (χ0n) is 18.4. The summed E-state index contributed by atoms with van der Waals surface area (Å²) in [5.74, 6) is -1.82. The lowest BCUT2D eigenvalue weighted by atomic mass is 9.97. The van der Waals surface area contributed by atoms with Crippen LogP contribution in [0.1, 0.15) is 48.0 Å². The summed E-state index contributed by atoms with van der Waals surface area (Å²) in [5.41, 5.74) is 1.51. The molecule has 0 bridgehead atoms. The lowest BCUT2D eigenvalue weighted by Crippen LogP contribution is -2.30. The van der Waals surface area contributed by atoms with Crippen molar-refractivity contribution >= 4 is 27.6 Å². The predicted molar refractivity (Wildman–Crippen MR) is 123 cm³/mol. The first-order valence-electron chi connectivity index (χ1n) is 10.8. The molecule has 0 atom stereocenters. The second kappa shape index (κ2) is 11.1. The van der Waals surface area contributed by atoms with Crippen molar-refractivity contribution in [3.05, 3.63) is 71.1 Å². The number of halogens is 1. The van der Waals surface area contributed by atoms with E-state index in [1.165, 1.54) is 37.5 Å². The minimum absolute atomic E-state index is 0.00383. The van der Waals surface area contributed by atoms with Gasteiger partial charge in [-0.05, 0) is 74.9 Å². The maximum atomic E-state index is 13.3. The number of allylic oxidation sites excluding steroid dienone is 1. The largest absolute Gasteiger partial charge is 0.452 e. The van der Waals surface area contributed by atoms with Crippen molar-refractivity contribution in [2.75, 3.05) is 17.9 Å². The van der Waals surface area contributed by atoms with Crippen LogP contribution in [0.2, 0.25) is 0 Å². The van der Waals surface area contributed by atoms with E-state index >= 15 is 0 Å². The van der Waals surface area contributed by atoms with Crippen LogP contribution in [0.15, 0.2) is 59.0 Å². The van der Waals surface area contributed by atoms with Gasteiger partial charge in [-0.1, -0.05) is 23.8 Å². The van der Waals surface area contributed by atoms with E-state index in [1.807, 2.05) is 0 Å². The van der Waals surface area contributed by atoms with Gasteiger partial charge in [0.1, 0.15) is 5.82 Å². The molecule has 2 N–H and O–H groups in total. The molecular weight excluding hydrogens is 447 g/mol. The number of ether oxygens (including phenoxy) is 1. The van der Waals surface area contributed by atoms with Crippen LogP contribution >= 0.6 is 0 Å². The number of para-hydroxylation sites is 1. The Balaban J connectivity index is 1.59. The van der Waals surface area contributed by atoms with Crippen molar-refractivity contribution in [2.24, 2.45) is 0 Å². The normalized spacial score (nSPS) is 13.7. The smallest absolute Gasteiger partial charge is 0.340 e. The molecule has 1 aliphatic carbocycles. The Labute approximate surface area is 193 Å². The van der Waals surface area contributed by atoms with Crippen LogP contribution in [0.3, 0.4) is 0 Å². The van der Waals surface area contributed by atoms with Gasteiger partial charge in [0.05, 0.1) is 16.1 Å². The van der Waals surface area contributed by atoms with Crippen LogP contribution < -0.4 is 10.0 Å². The van der Waals surface area contributed by atoms with Gasteiger partial charge in [-0.2, -0.15) is 0 Å². The molecule has 0 fully saturated rings. The third-order valence-electron chi connectivity index (χ3n) is 5.31. The average molecular weight is 475 g/mol. The Morgan fingerprint density at radius 2 is 1.91 bits per heavy atom. The molecule has 0 aliphatic heterocycles. The monoisotopic (exact) mass is 474 g/mol. The number of nitrogens with one attached hydrogen (secondary N) is 2. The molecule has 7 nitrogen and oxygen atoms in total. The van der Waals surface area contributed by atoms with Crippen molar-refractivity contribution in [1.82, 2.24) is 5.32 Å². The number of sulfonamides is 1. The molecule has 33 heavy (non-hydrogen) atoms. The van der Waals surface area contributed by atoms with Gasteiger partial charge in [0.15, 0.2) is 6.61 Å². The van der Waals surface area contributed by atoms with Gasteiger partial charge in [0, 0.05) is 6.54 Å².